The van der Waals surface area contributed by atoms with E-state index in [0.717, 1.165) is 47.8 Å². The number of aromatic nitrogens is 3. The molecule has 1 saturated heterocycles. The molecule has 2 atom stereocenters. The first-order chi connectivity index (χ1) is 19.5. The van der Waals surface area contributed by atoms with Crippen molar-refractivity contribution in [2.24, 2.45) is 0 Å². The number of carbonyl (C=O) groups excluding carboxylic acids is 1. The van der Waals surface area contributed by atoms with Crippen molar-refractivity contribution in [2.75, 3.05) is 28.6 Å². The predicted molar refractivity (Wildman–Crippen MR) is 161 cm³/mol. The minimum atomic E-state index is -0.255. The zero-order chi connectivity index (χ0) is 27.5. The normalized spacial score (nSPS) is 17.1. The minimum Gasteiger partial charge on any atom is -0.381 e. The molecule has 0 saturated carbocycles. The first kappa shape index (κ1) is 25.6. The Kier molecular flexibility index (Phi) is 7.16. The third-order valence-corrected chi connectivity index (χ3v) is 7.16. The summed E-state index contributed by atoms with van der Waals surface area (Å²) in [5, 5.41) is 14.5. The summed E-state index contributed by atoms with van der Waals surface area (Å²) in [6.07, 6.45) is 3.56. The smallest absolute Gasteiger partial charge is 0.274 e. The van der Waals surface area contributed by atoms with Crippen LogP contribution in [0.3, 0.4) is 0 Å². The van der Waals surface area contributed by atoms with Crippen LogP contribution in [0.2, 0.25) is 0 Å². The van der Waals surface area contributed by atoms with Gasteiger partial charge in [0.1, 0.15) is 5.69 Å². The summed E-state index contributed by atoms with van der Waals surface area (Å²) in [6, 6.07) is 29.0. The number of hydrogen-bond donors (Lipinski definition) is 3. The summed E-state index contributed by atoms with van der Waals surface area (Å²) in [5.41, 5.74) is 6.93. The molecule has 0 aliphatic carbocycles. The quantitative estimate of drug-likeness (QED) is 0.259. The highest BCUT2D eigenvalue weighted by Gasteiger charge is 2.21. The zero-order valence-electron chi connectivity index (χ0n) is 22.7. The fraction of sp³-hybridized carbons (Fsp3) is 0.219. The molecular formula is C32H33N7O. The number of carbonyl (C=O) groups is 1. The molecule has 3 aromatic carbocycles. The lowest BCUT2D eigenvalue weighted by Crippen LogP contribution is -2.54. The van der Waals surface area contributed by atoms with E-state index in [0.29, 0.717) is 23.4 Å². The van der Waals surface area contributed by atoms with Gasteiger partial charge in [-0.3, -0.25) is 4.79 Å². The number of amides is 1. The van der Waals surface area contributed by atoms with Crippen molar-refractivity contribution in [3.63, 3.8) is 0 Å². The summed E-state index contributed by atoms with van der Waals surface area (Å²) < 4.78 is 1.70. The number of fused-ring (bicyclic) bond motifs is 1. The van der Waals surface area contributed by atoms with Crippen LogP contribution in [0.1, 0.15) is 29.9 Å². The predicted octanol–water partition coefficient (Wildman–Crippen LogP) is 5.45. The van der Waals surface area contributed by atoms with Crippen LogP contribution in [-0.4, -0.2) is 45.7 Å². The second kappa shape index (κ2) is 11.2. The van der Waals surface area contributed by atoms with Crippen LogP contribution in [0.5, 0.6) is 0 Å². The number of nitrogens with one attached hydrogen (secondary N) is 3. The number of piperazine rings is 1. The van der Waals surface area contributed by atoms with E-state index in [9.17, 15) is 4.79 Å². The molecule has 0 unspecified atom stereocenters. The minimum absolute atomic E-state index is 0.255. The largest absolute Gasteiger partial charge is 0.381 e. The Hall–Kier alpha value is -4.69. The van der Waals surface area contributed by atoms with Gasteiger partial charge in [0.25, 0.3) is 5.91 Å². The maximum atomic E-state index is 13.2. The van der Waals surface area contributed by atoms with E-state index < -0.39 is 0 Å². The highest BCUT2D eigenvalue weighted by Crippen LogP contribution is 2.26. The number of hydrogen-bond acceptors (Lipinski definition) is 6. The maximum Gasteiger partial charge on any atom is 0.274 e. The highest BCUT2D eigenvalue weighted by atomic mass is 16.1. The van der Waals surface area contributed by atoms with Gasteiger partial charge in [-0.05, 0) is 61.4 Å². The van der Waals surface area contributed by atoms with Crippen molar-refractivity contribution in [2.45, 2.75) is 32.5 Å². The monoisotopic (exact) mass is 531 g/mol. The van der Waals surface area contributed by atoms with Crippen molar-refractivity contribution in [1.82, 2.24) is 19.9 Å². The topological polar surface area (TPSA) is 86.6 Å². The molecule has 6 rings (SSSR count). The van der Waals surface area contributed by atoms with Crippen molar-refractivity contribution in [3.05, 3.63) is 109 Å². The van der Waals surface area contributed by atoms with Gasteiger partial charge in [0.15, 0.2) is 5.65 Å². The van der Waals surface area contributed by atoms with Gasteiger partial charge >= 0.3 is 0 Å². The van der Waals surface area contributed by atoms with Crippen LogP contribution in [-0.2, 0) is 6.54 Å². The van der Waals surface area contributed by atoms with Crippen LogP contribution in [0, 0.1) is 0 Å². The number of rotatable bonds is 7. The highest BCUT2D eigenvalue weighted by molar-refractivity contribution is 6.03. The second-order valence-electron chi connectivity index (χ2n) is 10.4. The van der Waals surface area contributed by atoms with E-state index in [4.69, 9.17) is 4.98 Å². The molecule has 8 nitrogen and oxygen atoms in total. The van der Waals surface area contributed by atoms with Crippen LogP contribution in [0.4, 0.5) is 17.1 Å². The van der Waals surface area contributed by atoms with Gasteiger partial charge in [0.05, 0.1) is 6.20 Å². The summed E-state index contributed by atoms with van der Waals surface area (Å²) in [6.45, 7) is 6.99. The van der Waals surface area contributed by atoms with Gasteiger partial charge in [-0.1, -0.05) is 48.5 Å². The molecule has 0 bridgehead atoms. The van der Waals surface area contributed by atoms with Crippen LogP contribution >= 0.6 is 0 Å². The Labute approximate surface area is 234 Å². The van der Waals surface area contributed by atoms with Crippen LogP contribution < -0.4 is 20.9 Å². The Morgan fingerprint density at radius 2 is 1.70 bits per heavy atom. The molecular weight excluding hydrogens is 498 g/mol. The third-order valence-electron chi connectivity index (χ3n) is 7.16. The Bertz CT molecular complexity index is 1600. The van der Waals surface area contributed by atoms with E-state index >= 15 is 0 Å². The molecule has 1 aliphatic heterocycles. The standard InChI is InChI=1S/C32H33N7O/c1-22-20-38(21-23(2)35-22)28-10-6-9-27(17-28)36-32(40)30-15-16-39-31(37-30)29(19-34-39)25-11-13-26(14-12-25)33-18-24-7-4-3-5-8-24/h3-17,19,22-23,33,35H,18,20-21H2,1-2H3,(H,36,40)/t22-,23+. The second-order valence-corrected chi connectivity index (χ2v) is 10.4. The van der Waals surface area contributed by atoms with E-state index in [2.05, 4.69) is 58.0 Å². The summed E-state index contributed by atoms with van der Waals surface area (Å²) in [4.78, 5) is 20.3. The lowest BCUT2D eigenvalue weighted by Gasteiger charge is -2.37. The molecule has 202 valence electrons. The molecule has 3 heterocycles. The van der Waals surface area contributed by atoms with E-state index in [-0.39, 0.29) is 5.91 Å². The van der Waals surface area contributed by atoms with Gasteiger partial charge in [-0.15, -0.1) is 0 Å². The fourth-order valence-corrected chi connectivity index (χ4v) is 5.28. The number of nitrogens with zero attached hydrogens (tertiary/aromatic N) is 4. The molecule has 1 aliphatic rings. The third kappa shape index (κ3) is 5.67. The number of benzene rings is 3. The first-order valence-corrected chi connectivity index (χ1v) is 13.7. The SMILES string of the molecule is C[C@@H]1CN(c2cccc(NC(=O)c3ccn4ncc(-c5ccc(NCc6ccccc6)cc5)c4n3)c2)C[C@H](C)N1. The van der Waals surface area contributed by atoms with E-state index in [1.54, 1.807) is 23.0 Å². The van der Waals surface area contributed by atoms with Crippen molar-refractivity contribution in [1.29, 1.82) is 0 Å². The molecule has 1 amide bonds. The lowest BCUT2D eigenvalue weighted by atomic mass is 10.1. The summed E-state index contributed by atoms with van der Waals surface area (Å²) in [7, 11) is 0. The van der Waals surface area contributed by atoms with E-state index in [1.807, 2.05) is 60.7 Å². The average molecular weight is 532 g/mol. The van der Waals surface area contributed by atoms with Gasteiger partial charge in [-0.2, -0.15) is 5.10 Å². The van der Waals surface area contributed by atoms with Crippen molar-refractivity contribution >= 4 is 28.6 Å². The summed E-state index contributed by atoms with van der Waals surface area (Å²) >= 11 is 0. The molecule has 2 aromatic heterocycles. The Morgan fingerprint density at radius 3 is 2.48 bits per heavy atom. The molecule has 5 aromatic rings. The Morgan fingerprint density at radius 1 is 0.925 bits per heavy atom. The molecule has 3 N–H and O–H groups in total. The zero-order valence-corrected chi connectivity index (χ0v) is 22.7. The maximum absolute atomic E-state index is 13.2. The first-order valence-electron chi connectivity index (χ1n) is 13.7. The van der Waals surface area contributed by atoms with Gasteiger partial charge in [0.2, 0.25) is 0 Å². The molecule has 1 fully saturated rings. The molecule has 0 radical (unpaired) electrons. The van der Waals surface area contributed by atoms with Crippen LogP contribution in [0.15, 0.2) is 97.3 Å². The molecule has 0 spiro atoms. The van der Waals surface area contributed by atoms with Crippen molar-refractivity contribution in [3.8, 4) is 11.1 Å². The average Bonchev–Trinajstić information content (AvgIpc) is 3.40. The van der Waals surface area contributed by atoms with Crippen LogP contribution in [0.25, 0.3) is 16.8 Å². The molecule has 40 heavy (non-hydrogen) atoms. The Balaban J connectivity index is 1.17. The van der Waals surface area contributed by atoms with Gasteiger partial charge in [-0.25, -0.2) is 9.50 Å². The summed E-state index contributed by atoms with van der Waals surface area (Å²) in [5.74, 6) is -0.255. The van der Waals surface area contributed by atoms with Crippen molar-refractivity contribution < 1.29 is 4.79 Å². The lowest BCUT2D eigenvalue weighted by molar-refractivity contribution is 0.102. The van der Waals surface area contributed by atoms with Gasteiger partial charge in [0, 0.05) is 60.5 Å². The fourth-order valence-electron chi connectivity index (χ4n) is 5.28. The molecule has 8 heteroatoms. The van der Waals surface area contributed by atoms with E-state index in [1.165, 1.54) is 5.56 Å². The number of anilines is 3. The van der Waals surface area contributed by atoms with Gasteiger partial charge < -0.3 is 20.9 Å².